The number of carbonyl (C=O) groups excluding carboxylic acids is 3. The lowest BCUT2D eigenvalue weighted by atomic mass is 9.92. The molecule has 3 aromatic carbocycles. The molecule has 0 saturated carbocycles. The minimum atomic E-state index is -0.659. The third kappa shape index (κ3) is 6.68. The summed E-state index contributed by atoms with van der Waals surface area (Å²) >= 11 is 0. The molecule has 6 nitrogen and oxygen atoms in total. The molecule has 1 unspecified atom stereocenters. The molecule has 0 fully saturated rings. The standard InChI is InChI=1S/C35H35FO6/c1-20(2)32(37)40-19-24-12-14-28-26(15-16-30(31(24)28)42-33(38)21(3)4)27-13-11-23(18-29(27)36)22-9-8-10-25(17-22)41-34(39)35(5,6)7/h8-11,13,15-18,24H,1,3,12,14,19H2,2,4-7H3. The first kappa shape index (κ1) is 30.4. The van der Waals surface area contributed by atoms with Crippen molar-refractivity contribution in [2.75, 3.05) is 6.61 Å². The van der Waals surface area contributed by atoms with Gasteiger partial charge in [-0.3, -0.25) is 4.79 Å². The lowest BCUT2D eigenvalue weighted by molar-refractivity contribution is -0.143. The van der Waals surface area contributed by atoms with Gasteiger partial charge in [0.25, 0.3) is 0 Å². The van der Waals surface area contributed by atoms with Crippen LogP contribution >= 0.6 is 0 Å². The van der Waals surface area contributed by atoms with E-state index in [1.165, 1.54) is 6.07 Å². The van der Waals surface area contributed by atoms with Crippen molar-refractivity contribution in [1.29, 1.82) is 0 Å². The van der Waals surface area contributed by atoms with Crippen LogP contribution in [0.15, 0.2) is 78.9 Å². The van der Waals surface area contributed by atoms with Gasteiger partial charge in [0.1, 0.15) is 17.3 Å². The van der Waals surface area contributed by atoms with Crippen LogP contribution in [0, 0.1) is 11.2 Å². The van der Waals surface area contributed by atoms with E-state index < -0.39 is 23.2 Å². The predicted octanol–water partition coefficient (Wildman–Crippen LogP) is 7.74. The van der Waals surface area contributed by atoms with E-state index >= 15 is 4.39 Å². The number of halogens is 1. The van der Waals surface area contributed by atoms with Crippen LogP contribution in [-0.2, 0) is 25.5 Å². The fourth-order valence-corrected chi connectivity index (χ4v) is 4.73. The third-order valence-electron chi connectivity index (χ3n) is 7.03. The monoisotopic (exact) mass is 570 g/mol. The lowest BCUT2D eigenvalue weighted by Crippen LogP contribution is -2.25. The number of hydrogen-bond acceptors (Lipinski definition) is 6. The van der Waals surface area contributed by atoms with Gasteiger partial charge < -0.3 is 14.2 Å². The maximum absolute atomic E-state index is 15.8. The molecular weight excluding hydrogens is 535 g/mol. The first-order valence-electron chi connectivity index (χ1n) is 13.7. The fraction of sp³-hybridized carbons (Fsp3) is 0.286. The molecule has 4 rings (SSSR count). The molecule has 7 heteroatoms. The molecule has 1 atom stereocenters. The molecule has 0 saturated heterocycles. The van der Waals surface area contributed by atoms with E-state index in [2.05, 4.69) is 13.2 Å². The van der Waals surface area contributed by atoms with Crippen LogP contribution in [-0.4, -0.2) is 24.5 Å². The summed E-state index contributed by atoms with van der Waals surface area (Å²) in [4.78, 5) is 36.8. The molecule has 1 aliphatic rings. The molecule has 0 bridgehead atoms. The molecule has 0 N–H and O–H groups in total. The normalized spacial score (nSPS) is 14.1. The Balaban J connectivity index is 1.69. The van der Waals surface area contributed by atoms with Gasteiger partial charge in [-0.15, -0.1) is 0 Å². The first-order chi connectivity index (χ1) is 19.8. The van der Waals surface area contributed by atoms with Crippen LogP contribution in [0.4, 0.5) is 4.39 Å². The van der Waals surface area contributed by atoms with Crippen molar-refractivity contribution in [3.8, 4) is 33.8 Å². The van der Waals surface area contributed by atoms with Gasteiger partial charge in [-0.05, 0) is 94.0 Å². The van der Waals surface area contributed by atoms with Crippen molar-refractivity contribution in [3.05, 3.63) is 95.8 Å². The van der Waals surface area contributed by atoms with Gasteiger partial charge in [0.15, 0.2) is 0 Å². The zero-order chi connectivity index (χ0) is 30.8. The molecular formula is C35H35FO6. The van der Waals surface area contributed by atoms with Crippen LogP contribution < -0.4 is 9.47 Å². The summed E-state index contributed by atoms with van der Waals surface area (Å²) in [5, 5.41) is 0. The van der Waals surface area contributed by atoms with Crippen molar-refractivity contribution < 1.29 is 33.0 Å². The molecule has 0 heterocycles. The van der Waals surface area contributed by atoms with Crippen LogP contribution in [0.1, 0.15) is 58.1 Å². The number of fused-ring (bicyclic) bond motifs is 1. The van der Waals surface area contributed by atoms with E-state index in [1.54, 1.807) is 71.0 Å². The van der Waals surface area contributed by atoms with Gasteiger partial charge in [-0.1, -0.05) is 43.5 Å². The van der Waals surface area contributed by atoms with Crippen molar-refractivity contribution in [1.82, 2.24) is 0 Å². The number of benzene rings is 3. The van der Waals surface area contributed by atoms with Gasteiger partial charge in [0.05, 0.1) is 12.0 Å². The Kier molecular flexibility index (Phi) is 8.81. The van der Waals surface area contributed by atoms with E-state index in [4.69, 9.17) is 14.2 Å². The maximum Gasteiger partial charge on any atom is 0.338 e. The summed E-state index contributed by atoms with van der Waals surface area (Å²) in [7, 11) is 0. The van der Waals surface area contributed by atoms with Crippen LogP contribution in [0.25, 0.3) is 22.3 Å². The average molecular weight is 571 g/mol. The zero-order valence-electron chi connectivity index (χ0n) is 24.6. The molecule has 0 aromatic heterocycles. The zero-order valence-corrected chi connectivity index (χ0v) is 24.6. The van der Waals surface area contributed by atoms with Gasteiger partial charge in [-0.2, -0.15) is 0 Å². The van der Waals surface area contributed by atoms with E-state index in [-0.39, 0.29) is 29.6 Å². The van der Waals surface area contributed by atoms with Gasteiger partial charge in [-0.25, -0.2) is 14.0 Å². The molecule has 1 aliphatic carbocycles. The van der Waals surface area contributed by atoms with Crippen LogP contribution in [0.3, 0.4) is 0 Å². The maximum atomic E-state index is 15.8. The van der Waals surface area contributed by atoms with Gasteiger partial charge >= 0.3 is 17.9 Å². The van der Waals surface area contributed by atoms with Crippen molar-refractivity contribution >= 4 is 17.9 Å². The molecule has 0 radical (unpaired) electrons. The Labute approximate surface area is 245 Å². The SMILES string of the molecule is C=C(C)C(=O)OCC1CCc2c(-c3ccc(-c4cccc(OC(=O)C(C)(C)C)c4)cc3F)ccc(OC(=O)C(=C)C)c21. The Morgan fingerprint density at radius 3 is 2.19 bits per heavy atom. The number of rotatable bonds is 8. The smallest absolute Gasteiger partial charge is 0.338 e. The highest BCUT2D eigenvalue weighted by molar-refractivity contribution is 5.89. The summed E-state index contributed by atoms with van der Waals surface area (Å²) < 4.78 is 32.3. The Morgan fingerprint density at radius 2 is 1.55 bits per heavy atom. The van der Waals surface area contributed by atoms with Crippen LogP contribution in [0.2, 0.25) is 0 Å². The molecule has 0 aliphatic heterocycles. The van der Waals surface area contributed by atoms with E-state index in [1.807, 2.05) is 12.1 Å². The highest BCUT2D eigenvalue weighted by Gasteiger charge is 2.32. The topological polar surface area (TPSA) is 78.9 Å². The summed E-state index contributed by atoms with van der Waals surface area (Å²) in [6.45, 7) is 15.8. The predicted molar refractivity (Wildman–Crippen MR) is 160 cm³/mol. The van der Waals surface area contributed by atoms with Crippen molar-refractivity contribution in [2.45, 2.75) is 53.4 Å². The number of ether oxygens (including phenoxy) is 3. The van der Waals surface area contributed by atoms with Crippen molar-refractivity contribution in [2.24, 2.45) is 5.41 Å². The first-order valence-corrected chi connectivity index (χ1v) is 13.7. The summed E-state index contributed by atoms with van der Waals surface area (Å²) in [5.74, 6) is -1.38. The number of hydrogen-bond donors (Lipinski definition) is 0. The Bertz CT molecular complexity index is 1590. The summed E-state index contributed by atoms with van der Waals surface area (Å²) in [6.07, 6.45) is 1.22. The second kappa shape index (κ2) is 12.1. The third-order valence-corrected chi connectivity index (χ3v) is 7.03. The van der Waals surface area contributed by atoms with Gasteiger partial charge in [0.2, 0.25) is 0 Å². The average Bonchev–Trinajstić information content (AvgIpc) is 3.36. The largest absolute Gasteiger partial charge is 0.462 e. The van der Waals surface area contributed by atoms with Crippen LogP contribution in [0.5, 0.6) is 11.5 Å². The van der Waals surface area contributed by atoms with E-state index in [0.717, 1.165) is 5.56 Å². The van der Waals surface area contributed by atoms with E-state index in [9.17, 15) is 14.4 Å². The minimum Gasteiger partial charge on any atom is -0.462 e. The molecule has 0 spiro atoms. The molecule has 42 heavy (non-hydrogen) atoms. The minimum absolute atomic E-state index is 0.0807. The van der Waals surface area contributed by atoms with Crippen molar-refractivity contribution in [3.63, 3.8) is 0 Å². The lowest BCUT2D eigenvalue weighted by Gasteiger charge is -2.19. The molecule has 3 aromatic rings. The second-order valence-electron chi connectivity index (χ2n) is 11.6. The summed E-state index contributed by atoms with van der Waals surface area (Å²) in [6, 6.07) is 15.3. The summed E-state index contributed by atoms with van der Waals surface area (Å²) in [5.41, 5.74) is 3.81. The number of esters is 3. The van der Waals surface area contributed by atoms with Gasteiger partial charge in [0, 0.05) is 28.2 Å². The second-order valence-corrected chi connectivity index (χ2v) is 11.6. The Hall–Kier alpha value is -4.52. The van der Waals surface area contributed by atoms with E-state index in [0.29, 0.717) is 52.2 Å². The highest BCUT2D eigenvalue weighted by atomic mass is 19.1. The highest BCUT2D eigenvalue weighted by Crippen LogP contribution is 2.45. The fourth-order valence-electron chi connectivity index (χ4n) is 4.73. The number of carbonyl (C=O) groups is 3. The molecule has 218 valence electrons. The Morgan fingerprint density at radius 1 is 0.881 bits per heavy atom. The quantitative estimate of drug-likeness (QED) is 0.157. The molecule has 0 amide bonds.